The number of hydrogen-bond acceptors (Lipinski definition) is 3. The van der Waals surface area contributed by atoms with Crippen LogP contribution in [0, 0.1) is 6.92 Å². The van der Waals surface area contributed by atoms with Crippen molar-refractivity contribution in [1.82, 2.24) is 4.98 Å². The summed E-state index contributed by atoms with van der Waals surface area (Å²) in [6, 6.07) is 0. The predicted octanol–water partition coefficient (Wildman–Crippen LogP) is 1.49. The molecule has 1 aliphatic rings. The van der Waals surface area contributed by atoms with Gasteiger partial charge in [-0.3, -0.25) is 0 Å². The third-order valence-corrected chi connectivity index (χ3v) is 2.91. The third-order valence-electron chi connectivity index (χ3n) is 2.09. The molecule has 2 N–H and O–H groups in total. The lowest BCUT2D eigenvalue weighted by Crippen LogP contribution is -2.24. The molecule has 0 amide bonds. The number of thiazole rings is 1. The second-order valence-electron chi connectivity index (χ2n) is 3.40. The molecule has 3 heteroatoms. The molecule has 1 fully saturated rings. The molecule has 0 bridgehead atoms. The highest BCUT2D eigenvalue weighted by molar-refractivity contribution is 7.09. The molecule has 0 unspecified atom stereocenters. The number of aryl methyl sites for hydroxylation is 1. The van der Waals surface area contributed by atoms with Gasteiger partial charge in [-0.25, -0.2) is 4.98 Å². The zero-order valence-electron chi connectivity index (χ0n) is 6.63. The van der Waals surface area contributed by atoms with Gasteiger partial charge in [0.15, 0.2) is 0 Å². The van der Waals surface area contributed by atoms with Gasteiger partial charge in [-0.05, 0) is 19.8 Å². The van der Waals surface area contributed by atoms with E-state index in [1.54, 1.807) is 11.3 Å². The Balaban J connectivity index is 2.06. The molecule has 1 heterocycles. The van der Waals surface area contributed by atoms with Crippen molar-refractivity contribution in [1.29, 1.82) is 0 Å². The second-order valence-corrected chi connectivity index (χ2v) is 4.46. The predicted molar refractivity (Wildman–Crippen MR) is 46.7 cm³/mol. The smallest absolute Gasteiger partial charge is 0.0897 e. The van der Waals surface area contributed by atoms with E-state index in [2.05, 4.69) is 10.4 Å². The quantitative estimate of drug-likeness (QED) is 0.726. The van der Waals surface area contributed by atoms with Crippen molar-refractivity contribution in [3.8, 4) is 0 Å². The van der Waals surface area contributed by atoms with Crippen LogP contribution in [0.1, 0.15) is 23.5 Å². The lowest BCUT2D eigenvalue weighted by Gasteiger charge is -2.03. The molecule has 0 aliphatic heterocycles. The second kappa shape index (κ2) is 2.29. The van der Waals surface area contributed by atoms with E-state index in [1.807, 2.05) is 6.92 Å². The number of hydrogen-bond donors (Lipinski definition) is 1. The summed E-state index contributed by atoms with van der Waals surface area (Å²) in [5, 5.41) is 3.26. The molecule has 2 rings (SSSR count). The molecule has 1 saturated carbocycles. The largest absolute Gasteiger partial charge is 0.325 e. The van der Waals surface area contributed by atoms with E-state index in [-0.39, 0.29) is 5.54 Å². The van der Waals surface area contributed by atoms with Gasteiger partial charge < -0.3 is 5.73 Å². The summed E-state index contributed by atoms with van der Waals surface area (Å²) < 4.78 is 0. The Hall–Kier alpha value is -0.410. The van der Waals surface area contributed by atoms with Crippen LogP contribution in [-0.2, 0) is 6.42 Å². The summed E-state index contributed by atoms with van der Waals surface area (Å²) in [6.45, 7) is 2.03. The van der Waals surface area contributed by atoms with Gasteiger partial charge in [0.2, 0.25) is 0 Å². The molecule has 0 aromatic carbocycles. The van der Waals surface area contributed by atoms with Crippen molar-refractivity contribution >= 4 is 11.3 Å². The van der Waals surface area contributed by atoms with Crippen LogP contribution in [0.15, 0.2) is 5.38 Å². The van der Waals surface area contributed by atoms with Gasteiger partial charge >= 0.3 is 0 Å². The van der Waals surface area contributed by atoms with Gasteiger partial charge in [-0.1, -0.05) is 0 Å². The van der Waals surface area contributed by atoms with Crippen LogP contribution in [-0.4, -0.2) is 10.5 Å². The highest BCUT2D eigenvalue weighted by atomic mass is 32.1. The van der Waals surface area contributed by atoms with Crippen LogP contribution in [0.2, 0.25) is 0 Å². The van der Waals surface area contributed by atoms with Crippen molar-refractivity contribution in [3.05, 3.63) is 16.1 Å². The van der Waals surface area contributed by atoms with E-state index in [0.717, 1.165) is 11.4 Å². The molecular formula is C8H12N2S. The van der Waals surface area contributed by atoms with E-state index < -0.39 is 0 Å². The van der Waals surface area contributed by atoms with Crippen LogP contribution in [0.25, 0.3) is 0 Å². The van der Waals surface area contributed by atoms with E-state index in [1.165, 1.54) is 18.5 Å². The van der Waals surface area contributed by atoms with Crippen LogP contribution >= 0.6 is 11.3 Å². The minimum absolute atomic E-state index is 0.112. The molecule has 0 radical (unpaired) electrons. The first-order chi connectivity index (χ1) is 5.18. The van der Waals surface area contributed by atoms with E-state index >= 15 is 0 Å². The molecule has 1 aromatic heterocycles. The highest BCUT2D eigenvalue weighted by Crippen LogP contribution is 2.35. The standard InChI is InChI=1S/C8H12N2S/c1-6-10-7(5-11-6)4-8(9)2-3-8/h5H,2-4,9H2,1H3. The summed E-state index contributed by atoms with van der Waals surface area (Å²) in [5.74, 6) is 0. The van der Waals surface area contributed by atoms with Gasteiger partial charge in [0, 0.05) is 17.3 Å². The molecule has 1 aliphatic carbocycles. The fourth-order valence-electron chi connectivity index (χ4n) is 1.19. The number of aromatic nitrogens is 1. The topological polar surface area (TPSA) is 38.9 Å². The van der Waals surface area contributed by atoms with E-state index in [4.69, 9.17) is 5.73 Å². The van der Waals surface area contributed by atoms with Crippen molar-refractivity contribution in [2.45, 2.75) is 31.7 Å². The fraction of sp³-hybridized carbons (Fsp3) is 0.625. The van der Waals surface area contributed by atoms with Gasteiger partial charge in [0.05, 0.1) is 10.7 Å². The Kier molecular flexibility index (Phi) is 1.51. The molecular weight excluding hydrogens is 156 g/mol. The SMILES string of the molecule is Cc1nc(CC2(N)CC2)cs1. The maximum absolute atomic E-state index is 5.95. The number of rotatable bonds is 2. The molecule has 2 nitrogen and oxygen atoms in total. The van der Waals surface area contributed by atoms with Crippen LogP contribution in [0.5, 0.6) is 0 Å². The van der Waals surface area contributed by atoms with E-state index in [0.29, 0.717) is 0 Å². The summed E-state index contributed by atoms with van der Waals surface area (Å²) in [4.78, 5) is 4.37. The summed E-state index contributed by atoms with van der Waals surface area (Å²) in [7, 11) is 0. The Morgan fingerprint density at radius 1 is 1.73 bits per heavy atom. The van der Waals surface area contributed by atoms with Gasteiger partial charge in [0.1, 0.15) is 0 Å². The van der Waals surface area contributed by atoms with Crippen LogP contribution in [0.4, 0.5) is 0 Å². The van der Waals surface area contributed by atoms with Crippen LogP contribution < -0.4 is 5.73 Å². The zero-order chi connectivity index (χ0) is 7.90. The first-order valence-corrected chi connectivity index (χ1v) is 4.76. The molecule has 0 saturated heterocycles. The highest BCUT2D eigenvalue weighted by Gasteiger charge is 2.38. The van der Waals surface area contributed by atoms with Gasteiger partial charge in [0.25, 0.3) is 0 Å². The Labute approximate surface area is 70.5 Å². The van der Waals surface area contributed by atoms with Crippen molar-refractivity contribution in [2.75, 3.05) is 0 Å². The van der Waals surface area contributed by atoms with Crippen molar-refractivity contribution in [3.63, 3.8) is 0 Å². The maximum Gasteiger partial charge on any atom is 0.0897 e. The zero-order valence-corrected chi connectivity index (χ0v) is 7.45. The first kappa shape index (κ1) is 7.25. The average Bonchev–Trinajstić information content (AvgIpc) is 2.49. The molecule has 0 atom stereocenters. The van der Waals surface area contributed by atoms with Crippen molar-refractivity contribution < 1.29 is 0 Å². The Morgan fingerprint density at radius 3 is 2.91 bits per heavy atom. The normalized spacial score (nSPS) is 20.2. The minimum atomic E-state index is 0.112. The average molecular weight is 168 g/mol. The summed E-state index contributed by atoms with van der Waals surface area (Å²) in [6.07, 6.45) is 3.31. The maximum atomic E-state index is 5.95. The van der Waals surface area contributed by atoms with Crippen LogP contribution in [0.3, 0.4) is 0 Å². The lowest BCUT2D eigenvalue weighted by molar-refractivity contribution is 0.661. The van der Waals surface area contributed by atoms with Gasteiger partial charge in [-0.2, -0.15) is 0 Å². The molecule has 1 aromatic rings. The first-order valence-electron chi connectivity index (χ1n) is 3.88. The summed E-state index contributed by atoms with van der Waals surface area (Å²) in [5.41, 5.74) is 7.24. The Bertz CT molecular complexity index is 263. The number of nitrogens with zero attached hydrogens (tertiary/aromatic N) is 1. The third kappa shape index (κ3) is 1.60. The van der Waals surface area contributed by atoms with Gasteiger partial charge in [-0.15, -0.1) is 11.3 Å². The fourth-order valence-corrected chi connectivity index (χ4v) is 1.80. The van der Waals surface area contributed by atoms with Crippen molar-refractivity contribution in [2.24, 2.45) is 5.73 Å². The molecule has 60 valence electrons. The molecule has 0 spiro atoms. The summed E-state index contributed by atoms with van der Waals surface area (Å²) >= 11 is 1.71. The minimum Gasteiger partial charge on any atom is -0.325 e. The monoisotopic (exact) mass is 168 g/mol. The molecule has 11 heavy (non-hydrogen) atoms. The Morgan fingerprint density at radius 2 is 2.45 bits per heavy atom. The number of nitrogens with two attached hydrogens (primary N) is 1. The lowest BCUT2D eigenvalue weighted by atomic mass is 10.1. The van der Waals surface area contributed by atoms with E-state index in [9.17, 15) is 0 Å².